The van der Waals surface area contributed by atoms with Crippen LogP contribution in [0, 0.1) is 0 Å². The Balaban J connectivity index is 3.62. The largest absolute Gasteiger partial charge is 0.326 e. The first-order chi connectivity index (χ1) is 6.13. The van der Waals surface area contributed by atoms with Crippen molar-refractivity contribution in [2.75, 3.05) is 13.6 Å². The minimum absolute atomic E-state index is 0.326. The van der Waals surface area contributed by atoms with Crippen molar-refractivity contribution >= 4 is 0 Å². The van der Waals surface area contributed by atoms with E-state index in [0.29, 0.717) is 12.1 Å². The van der Waals surface area contributed by atoms with Gasteiger partial charge in [-0.1, -0.05) is 26.7 Å². The molecular weight excluding hydrogens is 160 g/mol. The van der Waals surface area contributed by atoms with Crippen LogP contribution in [0.3, 0.4) is 0 Å². The number of unbranched alkanes of at least 4 members (excludes halogenated alkanes) is 2. The van der Waals surface area contributed by atoms with Crippen LogP contribution in [0.1, 0.15) is 46.5 Å². The van der Waals surface area contributed by atoms with E-state index in [4.69, 9.17) is 5.73 Å². The van der Waals surface area contributed by atoms with Gasteiger partial charge in [-0.05, 0) is 33.4 Å². The molecular formula is C11H26N2. The van der Waals surface area contributed by atoms with Gasteiger partial charge in [0.2, 0.25) is 0 Å². The molecule has 2 N–H and O–H groups in total. The summed E-state index contributed by atoms with van der Waals surface area (Å²) in [5, 5.41) is 0. The van der Waals surface area contributed by atoms with Gasteiger partial charge in [-0.15, -0.1) is 0 Å². The number of hydrogen-bond donors (Lipinski definition) is 1. The highest BCUT2D eigenvalue weighted by atomic mass is 15.1. The molecule has 2 unspecified atom stereocenters. The maximum atomic E-state index is 5.98. The first-order valence-corrected chi connectivity index (χ1v) is 5.59. The second-order valence-corrected chi connectivity index (χ2v) is 4.00. The van der Waals surface area contributed by atoms with Crippen molar-refractivity contribution in [1.29, 1.82) is 0 Å². The van der Waals surface area contributed by atoms with Crippen molar-refractivity contribution in [1.82, 2.24) is 4.90 Å². The summed E-state index contributed by atoms with van der Waals surface area (Å²) in [7, 11) is 2.18. The van der Waals surface area contributed by atoms with Crippen molar-refractivity contribution in [2.24, 2.45) is 5.73 Å². The van der Waals surface area contributed by atoms with E-state index < -0.39 is 0 Å². The zero-order chi connectivity index (χ0) is 10.3. The average Bonchev–Trinajstić information content (AvgIpc) is 2.15. The second-order valence-electron chi connectivity index (χ2n) is 4.00. The summed E-state index contributed by atoms with van der Waals surface area (Å²) in [5.41, 5.74) is 5.98. The van der Waals surface area contributed by atoms with Gasteiger partial charge < -0.3 is 10.6 Å². The molecule has 2 heteroatoms. The van der Waals surface area contributed by atoms with Gasteiger partial charge in [0.25, 0.3) is 0 Å². The van der Waals surface area contributed by atoms with Crippen LogP contribution in [0.4, 0.5) is 0 Å². The third-order valence-electron chi connectivity index (χ3n) is 2.90. The zero-order valence-corrected chi connectivity index (χ0v) is 9.71. The van der Waals surface area contributed by atoms with E-state index in [1.165, 1.54) is 25.8 Å². The molecule has 0 amide bonds. The molecule has 2 nitrogen and oxygen atoms in total. The lowest BCUT2D eigenvalue weighted by molar-refractivity contribution is 0.219. The number of hydrogen-bond acceptors (Lipinski definition) is 2. The topological polar surface area (TPSA) is 29.3 Å². The van der Waals surface area contributed by atoms with Crippen LogP contribution in [0.5, 0.6) is 0 Å². The van der Waals surface area contributed by atoms with Crippen molar-refractivity contribution < 1.29 is 0 Å². The van der Waals surface area contributed by atoms with Crippen LogP contribution in [0.25, 0.3) is 0 Å². The van der Waals surface area contributed by atoms with E-state index in [0.717, 1.165) is 6.42 Å². The fourth-order valence-corrected chi connectivity index (χ4v) is 1.48. The summed E-state index contributed by atoms with van der Waals surface area (Å²) in [4.78, 5) is 2.38. The summed E-state index contributed by atoms with van der Waals surface area (Å²) in [5.74, 6) is 0. The van der Waals surface area contributed by atoms with Gasteiger partial charge >= 0.3 is 0 Å². The lowest BCUT2D eigenvalue weighted by atomic mass is 10.1. The number of nitrogens with two attached hydrogens (primary N) is 1. The second kappa shape index (κ2) is 7.34. The minimum atomic E-state index is 0.326. The highest BCUT2D eigenvalue weighted by Gasteiger charge is 2.14. The maximum Gasteiger partial charge on any atom is 0.0215 e. The van der Waals surface area contributed by atoms with Gasteiger partial charge in [-0.25, -0.2) is 0 Å². The van der Waals surface area contributed by atoms with E-state index in [1.54, 1.807) is 0 Å². The summed E-state index contributed by atoms with van der Waals surface area (Å²) < 4.78 is 0. The molecule has 0 aromatic carbocycles. The van der Waals surface area contributed by atoms with Crippen LogP contribution in [-0.2, 0) is 0 Å². The van der Waals surface area contributed by atoms with E-state index in [2.05, 4.69) is 32.7 Å². The van der Waals surface area contributed by atoms with Crippen LogP contribution < -0.4 is 5.73 Å². The Labute approximate surface area is 83.5 Å². The Kier molecular flexibility index (Phi) is 7.29. The first-order valence-electron chi connectivity index (χ1n) is 5.59. The molecule has 0 aliphatic rings. The van der Waals surface area contributed by atoms with Crippen molar-refractivity contribution in [3.05, 3.63) is 0 Å². The third kappa shape index (κ3) is 5.27. The number of nitrogens with zero attached hydrogens (tertiary/aromatic N) is 1. The van der Waals surface area contributed by atoms with E-state index in [9.17, 15) is 0 Å². The van der Waals surface area contributed by atoms with Crippen molar-refractivity contribution in [3.63, 3.8) is 0 Å². The highest BCUT2D eigenvalue weighted by molar-refractivity contribution is 4.74. The van der Waals surface area contributed by atoms with E-state index in [1.807, 2.05) is 0 Å². The highest BCUT2D eigenvalue weighted by Crippen LogP contribution is 2.05. The van der Waals surface area contributed by atoms with Crippen LogP contribution in [0.2, 0.25) is 0 Å². The van der Waals surface area contributed by atoms with Crippen molar-refractivity contribution in [3.8, 4) is 0 Å². The summed E-state index contributed by atoms with van der Waals surface area (Å²) >= 11 is 0. The Hall–Kier alpha value is -0.0800. The number of likely N-dealkylation sites (N-methyl/N-ethyl adjacent to an activating group) is 1. The fourth-order valence-electron chi connectivity index (χ4n) is 1.48. The molecule has 0 aliphatic carbocycles. The summed E-state index contributed by atoms with van der Waals surface area (Å²) in [6, 6.07) is 0.841. The lowest BCUT2D eigenvalue weighted by Crippen LogP contribution is -2.43. The smallest absolute Gasteiger partial charge is 0.0215 e. The molecule has 13 heavy (non-hydrogen) atoms. The molecule has 0 saturated carbocycles. The molecule has 0 heterocycles. The first kappa shape index (κ1) is 12.9. The molecule has 0 aromatic heterocycles. The molecule has 0 aromatic rings. The molecule has 0 bridgehead atoms. The van der Waals surface area contributed by atoms with Crippen LogP contribution in [-0.4, -0.2) is 30.6 Å². The molecule has 0 radical (unpaired) electrons. The fraction of sp³-hybridized carbons (Fsp3) is 1.00. The molecule has 0 aliphatic heterocycles. The Morgan fingerprint density at radius 3 is 2.31 bits per heavy atom. The summed E-state index contributed by atoms with van der Waals surface area (Å²) in [6.07, 6.45) is 4.99. The van der Waals surface area contributed by atoms with E-state index >= 15 is 0 Å². The van der Waals surface area contributed by atoms with Gasteiger partial charge in [0, 0.05) is 12.1 Å². The van der Waals surface area contributed by atoms with Gasteiger partial charge in [0.15, 0.2) is 0 Å². The van der Waals surface area contributed by atoms with Gasteiger partial charge in [-0.2, -0.15) is 0 Å². The maximum absolute atomic E-state index is 5.98. The Morgan fingerprint density at radius 1 is 1.23 bits per heavy atom. The van der Waals surface area contributed by atoms with E-state index in [-0.39, 0.29) is 0 Å². The standard InChI is InChI=1S/C11H26N2/c1-5-7-8-9-13(4)10(3)11(12)6-2/h10-11H,5-9,12H2,1-4H3. The molecule has 0 rings (SSSR count). The molecule has 0 spiro atoms. The monoisotopic (exact) mass is 186 g/mol. The molecule has 80 valence electrons. The van der Waals surface area contributed by atoms with Gasteiger partial charge in [0.05, 0.1) is 0 Å². The third-order valence-corrected chi connectivity index (χ3v) is 2.90. The predicted octanol–water partition coefficient (Wildman–Crippen LogP) is 2.23. The Morgan fingerprint density at radius 2 is 1.85 bits per heavy atom. The normalized spacial score (nSPS) is 16.2. The average molecular weight is 186 g/mol. The van der Waals surface area contributed by atoms with Crippen molar-refractivity contribution in [2.45, 2.75) is 58.5 Å². The number of rotatable bonds is 7. The quantitative estimate of drug-likeness (QED) is 0.618. The van der Waals surface area contributed by atoms with Crippen LogP contribution in [0.15, 0.2) is 0 Å². The van der Waals surface area contributed by atoms with Gasteiger partial charge in [0.1, 0.15) is 0 Å². The van der Waals surface area contributed by atoms with Gasteiger partial charge in [-0.3, -0.25) is 0 Å². The van der Waals surface area contributed by atoms with Crippen LogP contribution >= 0.6 is 0 Å². The Bertz CT molecular complexity index is 115. The molecule has 0 fully saturated rings. The summed E-state index contributed by atoms with van der Waals surface area (Å²) in [6.45, 7) is 7.80. The predicted molar refractivity (Wildman–Crippen MR) is 59.9 cm³/mol. The lowest BCUT2D eigenvalue weighted by Gasteiger charge is -2.29. The SMILES string of the molecule is CCCCCN(C)C(C)C(N)CC. The minimum Gasteiger partial charge on any atom is -0.326 e. The molecule has 2 atom stereocenters. The zero-order valence-electron chi connectivity index (χ0n) is 9.71. The molecule has 0 saturated heterocycles.